The van der Waals surface area contributed by atoms with Gasteiger partial charge in [-0.1, -0.05) is 12.8 Å². The molecule has 2 N–H and O–H groups in total. The van der Waals surface area contributed by atoms with Crippen molar-refractivity contribution in [3.63, 3.8) is 0 Å². The van der Waals surface area contributed by atoms with E-state index in [1.54, 1.807) is 0 Å². The van der Waals surface area contributed by atoms with Gasteiger partial charge >= 0.3 is 0 Å². The maximum Gasteiger partial charge on any atom is 0.191 e. The van der Waals surface area contributed by atoms with E-state index in [1.807, 2.05) is 7.05 Å². The molecule has 2 rings (SSSR count). The first kappa shape index (κ1) is 19.5. The zero-order valence-electron chi connectivity index (χ0n) is 15.9. The number of hydrogen-bond acceptors (Lipinski definition) is 4. The van der Waals surface area contributed by atoms with Crippen LogP contribution in [0.15, 0.2) is 4.99 Å². The van der Waals surface area contributed by atoms with E-state index < -0.39 is 0 Å². The molecule has 0 radical (unpaired) electrons. The van der Waals surface area contributed by atoms with Crippen LogP contribution in [0.5, 0.6) is 0 Å². The Bertz CT molecular complexity index is 372. The molecule has 2 aliphatic rings. The van der Waals surface area contributed by atoms with Gasteiger partial charge < -0.3 is 20.3 Å². The van der Waals surface area contributed by atoms with Gasteiger partial charge in [-0.3, -0.25) is 9.89 Å². The quantitative estimate of drug-likeness (QED) is 0.561. The van der Waals surface area contributed by atoms with E-state index in [2.05, 4.69) is 39.3 Å². The Kier molecular flexibility index (Phi) is 8.29. The normalized spacial score (nSPS) is 22.2. The number of likely N-dealkylation sites (tertiary alicyclic amines) is 1. The average Bonchev–Trinajstić information content (AvgIpc) is 2.87. The predicted octanol–water partition coefficient (Wildman–Crippen LogP) is 1.14. The zero-order valence-corrected chi connectivity index (χ0v) is 15.9. The number of rotatable bonds is 6. The van der Waals surface area contributed by atoms with Gasteiger partial charge in [-0.2, -0.15) is 0 Å². The van der Waals surface area contributed by atoms with Gasteiger partial charge in [0.05, 0.1) is 13.2 Å². The summed E-state index contributed by atoms with van der Waals surface area (Å²) in [5.41, 5.74) is 0.103. The SMILES string of the molecule is CN=C(NCCN1CCCCCC1)NCC(C)(C)N1CCOCC1. The van der Waals surface area contributed by atoms with Gasteiger partial charge in [0.1, 0.15) is 0 Å². The minimum atomic E-state index is 0.103. The lowest BCUT2D eigenvalue weighted by molar-refractivity contribution is -0.00834. The Morgan fingerprint density at radius 1 is 1.00 bits per heavy atom. The number of hydrogen-bond donors (Lipinski definition) is 2. The second-order valence-corrected chi connectivity index (χ2v) is 7.52. The van der Waals surface area contributed by atoms with Crippen LogP contribution < -0.4 is 10.6 Å². The van der Waals surface area contributed by atoms with E-state index in [4.69, 9.17) is 4.74 Å². The van der Waals surface area contributed by atoms with Gasteiger partial charge in [-0.15, -0.1) is 0 Å². The molecule has 0 aromatic rings. The van der Waals surface area contributed by atoms with Crippen molar-refractivity contribution < 1.29 is 4.74 Å². The minimum Gasteiger partial charge on any atom is -0.379 e. The van der Waals surface area contributed by atoms with Gasteiger partial charge in [0.15, 0.2) is 5.96 Å². The fourth-order valence-electron chi connectivity index (χ4n) is 3.49. The molecule has 2 aliphatic heterocycles. The third-order valence-corrected chi connectivity index (χ3v) is 5.20. The first-order chi connectivity index (χ1) is 11.6. The highest BCUT2D eigenvalue weighted by atomic mass is 16.5. The van der Waals surface area contributed by atoms with Crippen LogP contribution in [0.4, 0.5) is 0 Å². The molecule has 2 saturated heterocycles. The second kappa shape index (κ2) is 10.2. The van der Waals surface area contributed by atoms with Crippen molar-refractivity contribution in [3.8, 4) is 0 Å². The highest BCUT2D eigenvalue weighted by Crippen LogP contribution is 2.15. The summed E-state index contributed by atoms with van der Waals surface area (Å²) in [5.74, 6) is 0.908. The van der Waals surface area contributed by atoms with E-state index in [9.17, 15) is 0 Å². The Hall–Kier alpha value is -0.850. The molecule has 0 unspecified atom stereocenters. The number of guanidine groups is 1. The zero-order chi connectivity index (χ0) is 17.3. The molecule has 0 spiro atoms. The molecule has 0 bridgehead atoms. The van der Waals surface area contributed by atoms with Crippen molar-refractivity contribution in [1.82, 2.24) is 20.4 Å². The topological polar surface area (TPSA) is 52.1 Å². The molecule has 0 aromatic heterocycles. The minimum absolute atomic E-state index is 0.103. The fourth-order valence-corrected chi connectivity index (χ4v) is 3.49. The number of ether oxygens (including phenoxy) is 1. The molecule has 2 heterocycles. The highest BCUT2D eigenvalue weighted by molar-refractivity contribution is 5.79. The molecular weight excluding hydrogens is 302 g/mol. The summed E-state index contributed by atoms with van der Waals surface area (Å²) in [6, 6.07) is 0. The Morgan fingerprint density at radius 2 is 1.67 bits per heavy atom. The summed E-state index contributed by atoms with van der Waals surface area (Å²) in [6.07, 6.45) is 5.48. The van der Waals surface area contributed by atoms with Gasteiger partial charge in [0.25, 0.3) is 0 Å². The molecule has 0 aliphatic carbocycles. The maximum absolute atomic E-state index is 5.46. The standard InChI is InChI=1S/C18H37N5O/c1-18(2,23-12-14-24-15-13-23)16-21-17(19-3)20-8-11-22-9-6-4-5-7-10-22/h4-16H2,1-3H3,(H2,19,20,21). The van der Waals surface area contributed by atoms with Crippen LogP contribution in [0.2, 0.25) is 0 Å². The largest absolute Gasteiger partial charge is 0.379 e. The molecule has 0 amide bonds. The Balaban J connectivity index is 1.67. The average molecular weight is 340 g/mol. The first-order valence-electron chi connectivity index (χ1n) is 9.61. The number of morpholine rings is 1. The molecule has 2 fully saturated rings. The van der Waals surface area contributed by atoms with Crippen molar-refractivity contribution >= 4 is 5.96 Å². The van der Waals surface area contributed by atoms with Crippen LogP contribution in [-0.2, 0) is 4.74 Å². The summed E-state index contributed by atoms with van der Waals surface area (Å²) in [6.45, 7) is 13.7. The molecule has 0 aromatic carbocycles. The fraction of sp³-hybridized carbons (Fsp3) is 0.944. The van der Waals surface area contributed by atoms with Crippen LogP contribution >= 0.6 is 0 Å². The van der Waals surface area contributed by atoms with Crippen molar-refractivity contribution in [3.05, 3.63) is 0 Å². The van der Waals surface area contributed by atoms with Gasteiger partial charge in [-0.25, -0.2) is 0 Å². The molecule has 24 heavy (non-hydrogen) atoms. The van der Waals surface area contributed by atoms with Crippen LogP contribution in [0.3, 0.4) is 0 Å². The van der Waals surface area contributed by atoms with E-state index in [-0.39, 0.29) is 5.54 Å². The molecule has 140 valence electrons. The van der Waals surface area contributed by atoms with Crippen molar-refractivity contribution in [1.29, 1.82) is 0 Å². The summed E-state index contributed by atoms with van der Waals surface area (Å²) in [4.78, 5) is 9.44. The summed E-state index contributed by atoms with van der Waals surface area (Å²) < 4.78 is 5.46. The maximum atomic E-state index is 5.46. The van der Waals surface area contributed by atoms with Crippen LogP contribution in [-0.4, -0.2) is 87.4 Å². The Labute approximate surface area is 148 Å². The number of aliphatic imine (C=N–C) groups is 1. The lowest BCUT2D eigenvalue weighted by Gasteiger charge is -2.41. The second-order valence-electron chi connectivity index (χ2n) is 7.52. The molecular formula is C18H37N5O. The van der Waals surface area contributed by atoms with Gasteiger partial charge in [0.2, 0.25) is 0 Å². The van der Waals surface area contributed by atoms with E-state index >= 15 is 0 Å². The van der Waals surface area contributed by atoms with Crippen molar-refractivity contribution in [2.45, 2.75) is 45.1 Å². The van der Waals surface area contributed by atoms with E-state index in [0.717, 1.165) is 51.9 Å². The van der Waals surface area contributed by atoms with Crippen molar-refractivity contribution in [2.24, 2.45) is 4.99 Å². The monoisotopic (exact) mass is 339 g/mol. The first-order valence-corrected chi connectivity index (χ1v) is 9.61. The van der Waals surface area contributed by atoms with Crippen LogP contribution in [0.25, 0.3) is 0 Å². The molecule has 0 saturated carbocycles. The lowest BCUT2D eigenvalue weighted by atomic mass is 10.0. The van der Waals surface area contributed by atoms with Crippen LogP contribution in [0.1, 0.15) is 39.5 Å². The molecule has 0 atom stereocenters. The van der Waals surface area contributed by atoms with Gasteiger partial charge in [0, 0.05) is 45.3 Å². The number of nitrogens with zero attached hydrogens (tertiary/aromatic N) is 3. The predicted molar refractivity (Wildman–Crippen MR) is 101 cm³/mol. The smallest absolute Gasteiger partial charge is 0.191 e. The van der Waals surface area contributed by atoms with E-state index in [1.165, 1.54) is 38.8 Å². The summed E-state index contributed by atoms with van der Waals surface area (Å²) in [5, 5.41) is 6.96. The lowest BCUT2D eigenvalue weighted by Crippen LogP contribution is -2.56. The third-order valence-electron chi connectivity index (χ3n) is 5.20. The highest BCUT2D eigenvalue weighted by Gasteiger charge is 2.28. The van der Waals surface area contributed by atoms with Crippen molar-refractivity contribution in [2.75, 3.05) is 66.1 Å². The Morgan fingerprint density at radius 3 is 2.29 bits per heavy atom. The van der Waals surface area contributed by atoms with Gasteiger partial charge in [-0.05, 0) is 39.8 Å². The van der Waals surface area contributed by atoms with Crippen LogP contribution in [0, 0.1) is 0 Å². The number of nitrogens with one attached hydrogen (secondary N) is 2. The van der Waals surface area contributed by atoms with E-state index in [0.29, 0.717) is 0 Å². The molecule has 6 heteroatoms. The summed E-state index contributed by atoms with van der Waals surface area (Å²) >= 11 is 0. The molecule has 6 nitrogen and oxygen atoms in total. The summed E-state index contributed by atoms with van der Waals surface area (Å²) in [7, 11) is 1.85. The third kappa shape index (κ3) is 6.57.